The molecule has 0 aromatic heterocycles. The van der Waals surface area contributed by atoms with Crippen LogP contribution in [0.2, 0.25) is 0 Å². The minimum absolute atomic E-state index is 0. The average Bonchev–Trinajstić information content (AvgIpc) is 2.03. The molecule has 0 amide bonds. The Hall–Kier alpha value is 0.140. The average molecular weight is 222 g/mol. The van der Waals surface area contributed by atoms with Gasteiger partial charge in [-0.1, -0.05) is 6.08 Å². The standard InChI is InChI=1S/C8H15NO.BrH/c1-2-3-4-9-5-7-10-8-6-9;/h2H,1,3-8H2;1H. The fraction of sp³-hybridized carbons (Fsp3) is 0.750. The fourth-order valence-corrected chi connectivity index (χ4v) is 1.10. The van der Waals surface area contributed by atoms with Crippen LogP contribution in [0.1, 0.15) is 6.42 Å². The SMILES string of the molecule is Br.C=CCCN1CCOCC1. The third-order valence-electron chi connectivity index (χ3n) is 1.75. The van der Waals surface area contributed by atoms with Gasteiger partial charge in [0.2, 0.25) is 0 Å². The van der Waals surface area contributed by atoms with Crippen LogP contribution >= 0.6 is 17.0 Å². The molecule has 1 fully saturated rings. The molecule has 0 N–H and O–H groups in total. The number of hydrogen-bond donors (Lipinski definition) is 0. The first-order chi connectivity index (χ1) is 4.93. The molecule has 0 saturated carbocycles. The summed E-state index contributed by atoms with van der Waals surface area (Å²) in [6, 6.07) is 0. The van der Waals surface area contributed by atoms with E-state index in [4.69, 9.17) is 4.74 Å². The van der Waals surface area contributed by atoms with Crippen molar-refractivity contribution in [1.82, 2.24) is 4.90 Å². The monoisotopic (exact) mass is 221 g/mol. The van der Waals surface area contributed by atoms with Crippen LogP contribution in [0.4, 0.5) is 0 Å². The maximum Gasteiger partial charge on any atom is 0.0594 e. The Morgan fingerprint density at radius 2 is 2.00 bits per heavy atom. The molecule has 0 aromatic carbocycles. The van der Waals surface area contributed by atoms with E-state index in [0.717, 1.165) is 39.3 Å². The van der Waals surface area contributed by atoms with Gasteiger partial charge in [-0.2, -0.15) is 0 Å². The highest BCUT2D eigenvalue weighted by atomic mass is 79.9. The highest BCUT2D eigenvalue weighted by Crippen LogP contribution is 1.97. The molecule has 1 aliphatic heterocycles. The molecule has 2 nitrogen and oxygen atoms in total. The molecule has 0 aromatic rings. The van der Waals surface area contributed by atoms with Crippen molar-refractivity contribution < 1.29 is 4.74 Å². The third kappa shape index (κ3) is 4.56. The zero-order valence-corrected chi connectivity index (χ0v) is 8.50. The largest absolute Gasteiger partial charge is 0.379 e. The second kappa shape index (κ2) is 6.83. The number of hydrogen-bond acceptors (Lipinski definition) is 2. The first-order valence-corrected chi connectivity index (χ1v) is 3.84. The number of halogens is 1. The van der Waals surface area contributed by atoms with Gasteiger partial charge >= 0.3 is 0 Å². The summed E-state index contributed by atoms with van der Waals surface area (Å²) < 4.78 is 5.21. The van der Waals surface area contributed by atoms with Gasteiger partial charge in [0.1, 0.15) is 0 Å². The molecule has 3 heteroatoms. The van der Waals surface area contributed by atoms with Gasteiger partial charge in [0.05, 0.1) is 13.2 Å². The summed E-state index contributed by atoms with van der Waals surface area (Å²) in [6.45, 7) is 8.81. The molecular formula is C8H16BrNO. The Balaban J connectivity index is 0.000001000. The number of nitrogens with zero attached hydrogens (tertiary/aromatic N) is 1. The van der Waals surface area contributed by atoms with Crippen molar-refractivity contribution in [3.05, 3.63) is 12.7 Å². The Labute approximate surface area is 79.0 Å². The normalized spacial score (nSPS) is 18.9. The van der Waals surface area contributed by atoms with Crippen molar-refractivity contribution in [3.8, 4) is 0 Å². The van der Waals surface area contributed by atoms with E-state index in [-0.39, 0.29) is 17.0 Å². The number of rotatable bonds is 3. The summed E-state index contributed by atoms with van der Waals surface area (Å²) in [6.07, 6.45) is 3.06. The number of morpholine rings is 1. The van der Waals surface area contributed by atoms with Crippen LogP contribution in [-0.2, 0) is 4.74 Å². The predicted molar refractivity (Wildman–Crippen MR) is 52.4 cm³/mol. The van der Waals surface area contributed by atoms with E-state index >= 15 is 0 Å². The third-order valence-corrected chi connectivity index (χ3v) is 1.75. The molecule has 1 saturated heterocycles. The van der Waals surface area contributed by atoms with E-state index in [1.807, 2.05) is 6.08 Å². The summed E-state index contributed by atoms with van der Waals surface area (Å²) in [5.41, 5.74) is 0. The minimum Gasteiger partial charge on any atom is -0.379 e. The molecule has 1 heterocycles. The van der Waals surface area contributed by atoms with Gasteiger partial charge in [-0.25, -0.2) is 0 Å². The summed E-state index contributed by atoms with van der Waals surface area (Å²) in [7, 11) is 0. The lowest BCUT2D eigenvalue weighted by atomic mass is 10.3. The first kappa shape index (κ1) is 11.1. The van der Waals surface area contributed by atoms with Crippen LogP contribution in [0.3, 0.4) is 0 Å². The molecular weight excluding hydrogens is 206 g/mol. The second-order valence-corrected chi connectivity index (χ2v) is 2.53. The van der Waals surface area contributed by atoms with Gasteiger partial charge in [0.25, 0.3) is 0 Å². The highest BCUT2D eigenvalue weighted by molar-refractivity contribution is 8.93. The zero-order chi connectivity index (χ0) is 7.23. The van der Waals surface area contributed by atoms with Crippen molar-refractivity contribution in [3.63, 3.8) is 0 Å². The van der Waals surface area contributed by atoms with Crippen molar-refractivity contribution in [2.24, 2.45) is 0 Å². The van der Waals surface area contributed by atoms with Gasteiger partial charge in [-0.05, 0) is 6.42 Å². The molecule has 0 atom stereocenters. The van der Waals surface area contributed by atoms with Gasteiger partial charge in [-0.3, -0.25) is 4.90 Å². The predicted octanol–water partition coefficient (Wildman–Crippen LogP) is 1.47. The molecule has 0 unspecified atom stereocenters. The van der Waals surface area contributed by atoms with Crippen LogP contribution in [0, 0.1) is 0 Å². The van der Waals surface area contributed by atoms with E-state index in [1.54, 1.807) is 0 Å². The van der Waals surface area contributed by atoms with Crippen LogP contribution in [0.25, 0.3) is 0 Å². The summed E-state index contributed by atoms with van der Waals surface area (Å²) in [5.74, 6) is 0. The smallest absolute Gasteiger partial charge is 0.0594 e. The molecule has 0 bridgehead atoms. The highest BCUT2D eigenvalue weighted by Gasteiger charge is 2.07. The second-order valence-electron chi connectivity index (χ2n) is 2.53. The molecule has 0 radical (unpaired) electrons. The van der Waals surface area contributed by atoms with E-state index in [9.17, 15) is 0 Å². The lowest BCUT2D eigenvalue weighted by Crippen LogP contribution is -2.36. The lowest BCUT2D eigenvalue weighted by molar-refractivity contribution is 0.0387. The molecule has 66 valence electrons. The zero-order valence-electron chi connectivity index (χ0n) is 6.79. The van der Waals surface area contributed by atoms with E-state index < -0.39 is 0 Å². The maximum atomic E-state index is 5.21. The summed E-state index contributed by atoms with van der Waals surface area (Å²) >= 11 is 0. The molecule has 0 spiro atoms. The lowest BCUT2D eigenvalue weighted by Gasteiger charge is -2.25. The van der Waals surface area contributed by atoms with Gasteiger partial charge in [0, 0.05) is 19.6 Å². The first-order valence-electron chi connectivity index (χ1n) is 3.84. The van der Waals surface area contributed by atoms with Crippen molar-refractivity contribution >= 4 is 17.0 Å². The topological polar surface area (TPSA) is 12.5 Å². The Morgan fingerprint density at radius 1 is 1.36 bits per heavy atom. The van der Waals surface area contributed by atoms with Crippen molar-refractivity contribution in [1.29, 1.82) is 0 Å². The Morgan fingerprint density at radius 3 is 2.55 bits per heavy atom. The van der Waals surface area contributed by atoms with E-state index in [0.29, 0.717) is 0 Å². The molecule has 11 heavy (non-hydrogen) atoms. The van der Waals surface area contributed by atoms with Crippen LogP contribution in [0.5, 0.6) is 0 Å². The number of ether oxygens (including phenoxy) is 1. The Bertz CT molecular complexity index is 102. The van der Waals surface area contributed by atoms with Crippen molar-refractivity contribution in [2.45, 2.75) is 6.42 Å². The quantitative estimate of drug-likeness (QED) is 0.670. The Kier molecular flexibility index (Phi) is 6.91. The van der Waals surface area contributed by atoms with Crippen molar-refractivity contribution in [2.75, 3.05) is 32.8 Å². The summed E-state index contributed by atoms with van der Waals surface area (Å²) in [5, 5.41) is 0. The maximum absolute atomic E-state index is 5.21. The van der Waals surface area contributed by atoms with Crippen LogP contribution < -0.4 is 0 Å². The fourth-order valence-electron chi connectivity index (χ4n) is 1.10. The summed E-state index contributed by atoms with van der Waals surface area (Å²) in [4.78, 5) is 2.41. The minimum atomic E-state index is 0. The van der Waals surface area contributed by atoms with Crippen LogP contribution in [0.15, 0.2) is 12.7 Å². The van der Waals surface area contributed by atoms with E-state index in [1.165, 1.54) is 0 Å². The van der Waals surface area contributed by atoms with Gasteiger partial charge in [-0.15, -0.1) is 23.6 Å². The van der Waals surface area contributed by atoms with Gasteiger partial charge in [0.15, 0.2) is 0 Å². The van der Waals surface area contributed by atoms with Crippen LogP contribution in [-0.4, -0.2) is 37.7 Å². The molecule has 0 aliphatic carbocycles. The van der Waals surface area contributed by atoms with E-state index in [2.05, 4.69) is 11.5 Å². The van der Waals surface area contributed by atoms with Gasteiger partial charge < -0.3 is 4.74 Å². The molecule has 1 rings (SSSR count). The molecule has 1 aliphatic rings.